The van der Waals surface area contributed by atoms with Crippen LogP contribution in [0.1, 0.15) is 37.3 Å². The average molecular weight is 246 g/mol. The molecule has 0 amide bonds. The van der Waals surface area contributed by atoms with Gasteiger partial charge in [0.15, 0.2) is 0 Å². The maximum Gasteiger partial charge on any atom is 0.000394 e. The van der Waals surface area contributed by atoms with Crippen LogP contribution in [0, 0.1) is 5.92 Å². The number of hydrogen-bond acceptors (Lipinski definition) is 2. The molecule has 18 heavy (non-hydrogen) atoms. The van der Waals surface area contributed by atoms with E-state index in [1.54, 1.807) is 0 Å². The first-order chi connectivity index (χ1) is 8.79. The van der Waals surface area contributed by atoms with Gasteiger partial charge < -0.3 is 10.6 Å². The van der Waals surface area contributed by atoms with Gasteiger partial charge in [0.1, 0.15) is 0 Å². The molecule has 0 aromatic heterocycles. The second kappa shape index (κ2) is 6.91. The molecular weight excluding hydrogens is 220 g/mol. The summed E-state index contributed by atoms with van der Waals surface area (Å²) in [6.07, 6.45) is 2.36. The van der Waals surface area contributed by atoms with Crippen molar-refractivity contribution in [2.24, 2.45) is 5.92 Å². The number of nitrogens with one attached hydrogen (secondary N) is 2. The molecule has 1 aliphatic heterocycles. The van der Waals surface area contributed by atoms with Crippen LogP contribution in [0.2, 0.25) is 0 Å². The summed E-state index contributed by atoms with van der Waals surface area (Å²) in [5.74, 6) is 1.54. The Morgan fingerprint density at radius 1 is 1.28 bits per heavy atom. The van der Waals surface area contributed by atoms with Crippen molar-refractivity contribution in [3.63, 3.8) is 0 Å². The van der Waals surface area contributed by atoms with Crippen LogP contribution in [0.25, 0.3) is 0 Å². The third kappa shape index (κ3) is 3.82. The molecule has 1 aromatic rings. The van der Waals surface area contributed by atoms with Gasteiger partial charge in [-0.1, -0.05) is 38.1 Å². The summed E-state index contributed by atoms with van der Waals surface area (Å²) in [6, 6.07) is 9.15. The predicted octanol–water partition coefficient (Wildman–Crippen LogP) is 2.55. The third-order valence-electron chi connectivity index (χ3n) is 4.05. The zero-order valence-corrected chi connectivity index (χ0v) is 11.7. The van der Waals surface area contributed by atoms with Crippen molar-refractivity contribution < 1.29 is 0 Å². The fraction of sp³-hybridized carbons (Fsp3) is 0.625. The SMILES string of the molecule is CCC(C)c1ccc(CCNCC2CNC2)cc1. The van der Waals surface area contributed by atoms with Crippen molar-refractivity contribution in [3.8, 4) is 0 Å². The first-order valence-electron chi connectivity index (χ1n) is 7.30. The van der Waals surface area contributed by atoms with Gasteiger partial charge in [-0.25, -0.2) is 0 Å². The van der Waals surface area contributed by atoms with E-state index in [1.165, 1.54) is 30.6 Å². The van der Waals surface area contributed by atoms with Crippen LogP contribution in [-0.4, -0.2) is 26.2 Å². The normalized spacial score (nSPS) is 17.4. The van der Waals surface area contributed by atoms with E-state index in [0.717, 1.165) is 25.4 Å². The molecule has 0 aliphatic carbocycles. The van der Waals surface area contributed by atoms with Crippen molar-refractivity contribution >= 4 is 0 Å². The van der Waals surface area contributed by atoms with Gasteiger partial charge in [0.2, 0.25) is 0 Å². The summed E-state index contributed by atoms with van der Waals surface area (Å²) in [5.41, 5.74) is 2.91. The maximum atomic E-state index is 3.54. The Bertz CT molecular complexity index is 341. The number of hydrogen-bond donors (Lipinski definition) is 2. The van der Waals surface area contributed by atoms with E-state index in [-0.39, 0.29) is 0 Å². The smallest absolute Gasteiger partial charge is 0.000394 e. The molecule has 1 saturated heterocycles. The minimum absolute atomic E-state index is 0.684. The molecule has 1 fully saturated rings. The molecule has 1 unspecified atom stereocenters. The molecule has 0 spiro atoms. The second-order valence-corrected chi connectivity index (χ2v) is 5.53. The Balaban J connectivity index is 1.68. The highest BCUT2D eigenvalue weighted by Crippen LogP contribution is 2.18. The molecule has 0 saturated carbocycles. The number of benzene rings is 1. The average Bonchev–Trinajstić information content (AvgIpc) is 2.36. The summed E-state index contributed by atoms with van der Waals surface area (Å²) in [4.78, 5) is 0. The van der Waals surface area contributed by atoms with Crippen LogP contribution in [0.4, 0.5) is 0 Å². The molecule has 0 bridgehead atoms. The largest absolute Gasteiger partial charge is 0.316 e. The van der Waals surface area contributed by atoms with E-state index in [0.29, 0.717) is 5.92 Å². The molecule has 1 aromatic carbocycles. The monoisotopic (exact) mass is 246 g/mol. The molecule has 1 heterocycles. The lowest BCUT2D eigenvalue weighted by Gasteiger charge is -2.27. The lowest BCUT2D eigenvalue weighted by Crippen LogP contribution is -2.47. The molecule has 0 radical (unpaired) electrons. The van der Waals surface area contributed by atoms with Crippen LogP contribution in [0.3, 0.4) is 0 Å². The summed E-state index contributed by atoms with van der Waals surface area (Å²) >= 11 is 0. The lowest BCUT2D eigenvalue weighted by molar-refractivity contribution is 0.333. The van der Waals surface area contributed by atoms with Crippen molar-refractivity contribution in [3.05, 3.63) is 35.4 Å². The molecule has 2 heteroatoms. The van der Waals surface area contributed by atoms with Crippen molar-refractivity contribution in [1.29, 1.82) is 0 Å². The molecule has 2 N–H and O–H groups in total. The van der Waals surface area contributed by atoms with Gasteiger partial charge in [-0.15, -0.1) is 0 Å². The van der Waals surface area contributed by atoms with Crippen molar-refractivity contribution in [2.75, 3.05) is 26.2 Å². The van der Waals surface area contributed by atoms with E-state index in [2.05, 4.69) is 48.7 Å². The van der Waals surface area contributed by atoms with Crippen molar-refractivity contribution in [2.45, 2.75) is 32.6 Å². The van der Waals surface area contributed by atoms with Crippen LogP contribution in [-0.2, 0) is 6.42 Å². The summed E-state index contributed by atoms with van der Waals surface area (Å²) in [5, 5.41) is 6.85. The van der Waals surface area contributed by atoms with Gasteiger partial charge in [0, 0.05) is 19.6 Å². The van der Waals surface area contributed by atoms with Crippen LogP contribution in [0.5, 0.6) is 0 Å². The molecule has 2 nitrogen and oxygen atoms in total. The van der Waals surface area contributed by atoms with E-state index in [1.807, 2.05) is 0 Å². The standard InChI is InChI=1S/C16H26N2/c1-3-13(2)16-6-4-14(5-7-16)8-9-17-10-15-11-18-12-15/h4-7,13,15,17-18H,3,8-12H2,1-2H3. The predicted molar refractivity (Wildman–Crippen MR) is 78.1 cm³/mol. The topological polar surface area (TPSA) is 24.1 Å². The zero-order chi connectivity index (χ0) is 12.8. The quantitative estimate of drug-likeness (QED) is 0.723. The molecular formula is C16H26N2. The Labute approximate surface area is 111 Å². The minimum atomic E-state index is 0.684. The second-order valence-electron chi connectivity index (χ2n) is 5.53. The van der Waals surface area contributed by atoms with Gasteiger partial charge >= 0.3 is 0 Å². The van der Waals surface area contributed by atoms with E-state index in [9.17, 15) is 0 Å². The first kappa shape index (κ1) is 13.6. The highest BCUT2D eigenvalue weighted by molar-refractivity contribution is 5.25. The summed E-state index contributed by atoms with van der Waals surface area (Å²) in [7, 11) is 0. The van der Waals surface area contributed by atoms with E-state index in [4.69, 9.17) is 0 Å². The Hall–Kier alpha value is -0.860. The summed E-state index contributed by atoms with van der Waals surface area (Å²) in [6.45, 7) is 9.19. The fourth-order valence-electron chi connectivity index (χ4n) is 2.28. The van der Waals surface area contributed by atoms with Crippen LogP contribution >= 0.6 is 0 Å². The lowest BCUT2D eigenvalue weighted by atomic mass is 9.97. The molecule has 2 rings (SSSR count). The van der Waals surface area contributed by atoms with Crippen LogP contribution < -0.4 is 10.6 Å². The molecule has 1 atom stereocenters. The van der Waals surface area contributed by atoms with Gasteiger partial charge in [-0.3, -0.25) is 0 Å². The maximum absolute atomic E-state index is 3.54. The Morgan fingerprint density at radius 2 is 2.00 bits per heavy atom. The van der Waals surface area contributed by atoms with Crippen LogP contribution in [0.15, 0.2) is 24.3 Å². The van der Waals surface area contributed by atoms with Crippen molar-refractivity contribution in [1.82, 2.24) is 10.6 Å². The highest BCUT2D eigenvalue weighted by atomic mass is 15.0. The Kier molecular flexibility index (Phi) is 5.21. The molecule has 100 valence electrons. The van der Waals surface area contributed by atoms with Gasteiger partial charge in [0.05, 0.1) is 0 Å². The third-order valence-corrected chi connectivity index (χ3v) is 4.05. The summed E-state index contributed by atoms with van der Waals surface area (Å²) < 4.78 is 0. The van der Waals surface area contributed by atoms with Gasteiger partial charge in [-0.2, -0.15) is 0 Å². The van der Waals surface area contributed by atoms with Gasteiger partial charge in [-0.05, 0) is 42.3 Å². The Morgan fingerprint density at radius 3 is 2.56 bits per heavy atom. The van der Waals surface area contributed by atoms with E-state index < -0.39 is 0 Å². The number of rotatable bonds is 7. The first-order valence-corrected chi connectivity index (χ1v) is 7.30. The fourth-order valence-corrected chi connectivity index (χ4v) is 2.28. The minimum Gasteiger partial charge on any atom is -0.316 e. The van der Waals surface area contributed by atoms with Gasteiger partial charge in [0.25, 0.3) is 0 Å². The van der Waals surface area contributed by atoms with E-state index >= 15 is 0 Å². The highest BCUT2D eigenvalue weighted by Gasteiger charge is 2.15. The zero-order valence-electron chi connectivity index (χ0n) is 11.7. The molecule has 1 aliphatic rings.